The second-order valence-corrected chi connectivity index (χ2v) is 4.46. The van der Waals surface area contributed by atoms with Crippen molar-refractivity contribution in [2.45, 2.75) is 44.8 Å². The summed E-state index contributed by atoms with van der Waals surface area (Å²) in [5.74, 6) is 0. The molecule has 0 spiro atoms. The van der Waals surface area contributed by atoms with Crippen molar-refractivity contribution in [1.82, 2.24) is 10.2 Å². The molecular formula is C11H21F3N2. The van der Waals surface area contributed by atoms with Crippen molar-refractivity contribution < 1.29 is 13.2 Å². The van der Waals surface area contributed by atoms with Gasteiger partial charge in [0.1, 0.15) is 0 Å². The standard InChI is InChI=1S/C11H21F3N2/c1-2-4-10-9-16(8-6-15-10)7-3-5-11(12,13)14/h10,15H,2-9H2,1H3. The van der Waals surface area contributed by atoms with E-state index in [0.29, 0.717) is 12.6 Å². The maximum Gasteiger partial charge on any atom is 0.389 e. The Morgan fingerprint density at radius 1 is 1.38 bits per heavy atom. The first-order valence-corrected chi connectivity index (χ1v) is 6.04. The van der Waals surface area contributed by atoms with Crippen molar-refractivity contribution in [3.63, 3.8) is 0 Å². The van der Waals surface area contributed by atoms with E-state index in [9.17, 15) is 13.2 Å². The minimum Gasteiger partial charge on any atom is -0.311 e. The Morgan fingerprint density at radius 2 is 2.12 bits per heavy atom. The number of piperazine rings is 1. The van der Waals surface area contributed by atoms with Crippen LogP contribution in [0.4, 0.5) is 13.2 Å². The van der Waals surface area contributed by atoms with Gasteiger partial charge in [-0.15, -0.1) is 0 Å². The van der Waals surface area contributed by atoms with Crippen LogP contribution in [0.1, 0.15) is 32.6 Å². The summed E-state index contributed by atoms with van der Waals surface area (Å²) in [6.45, 7) is 5.37. The van der Waals surface area contributed by atoms with Crippen LogP contribution in [0.5, 0.6) is 0 Å². The van der Waals surface area contributed by atoms with Gasteiger partial charge in [-0.1, -0.05) is 13.3 Å². The first-order valence-electron chi connectivity index (χ1n) is 6.04. The molecule has 0 aliphatic carbocycles. The molecule has 96 valence electrons. The van der Waals surface area contributed by atoms with Gasteiger partial charge in [0.25, 0.3) is 0 Å². The third-order valence-electron chi connectivity index (χ3n) is 2.91. The van der Waals surface area contributed by atoms with Gasteiger partial charge in [0, 0.05) is 32.1 Å². The van der Waals surface area contributed by atoms with Crippen molar-refractivity contribution >= 4 is 0 Å². The van der Waals surface area contributed by atoms with E-state index in [1.807, 2.05) is 0 Å². The van der Waals surface area contributed by atoms with Gasteiger partial charge in [0.05, 0.1) is 0 Å². The summed E-state index contributed by atoms with van der Waals surface area (Å²) in [6.07, 6.45) is -2.21. The van der Waals surface area contributed by atoms with Crippen molar-refractivity contribution in [3.05, 3.63) is 0 Å². The average Bonchev–Trinajstić information content (AvgIpc) is 2.17. The molecule has 0 aromatic rings. The van der Waals surface area contributed by atoms with Crippen LogP contribution in [0.15, 0.2) is 0 Å². The van der Waals surface area contributed by atoms with Gasteiger partial charge >= 0.3 is 6.18 Å². The summed E-state index contributed by atoms with van der Waals surface area (Å²) in [7, 11) is 0. The highest BCUT2D eigenvalue weighted by atomic mass is 19.4. The van der Waals surface area contributed by atoms with E-state index in [1.165, 1.54) is 0 Å². The summed E-state index contributed by atoms with van der Waals surface area (Å²) in [4.78, 5) is 2.14. The molecule has 1 atom stereocenters. The Kier molecular flexibility index (Phi) is 5.55. The quantitative estimate of drug-likeness (QED) is 0.791. The Labute approximate surface area is 95.2 Å². The summed E-state index contributed by atoms with van der Waals surface area (Å²) in [5, 5.41) is 3.39. The zero-order valence-electron chi connectivity index (χ0n) is 9.82. The summed E-state index contributed by atoms with van der Waals surface area (Å²) in [5.41, 5.74) is 0. The van der Waals surface area contributed by atoms with Crippen LogP contribution in [-0.2, 0) is 0 Å². The van der Waals surface area contributed by atoms with Crippen molar-refractivity contribution in [1.29, 1.82) is 0 Å². The molecule has 1 aliphatic rings. The minimum atomic E-state index is -4.00. The molecule has 0 amide bonds. The fraction of sp³-hybridized carbons (Fsp3) is 1.00. The monoisotopic (exact) mass is 238 g/mol. The van der Waals surface area contributed by atoms with E-state index in [0.717, 1.165) is 32.5 Å². The average molecular weight is 238 g/mol. The van der Waals surface area contributed by atoms with E-state index >= 15 is 0 Å². The van der Waals surface area contributed by atoms with E-state index in [-0.39, 0.29) is 6.42 Å². The van der Waals surface area contributed by atoms with Crippen LogP contribution in [0.3, 0.4) is 0 Å². The number of nitrogens with zero attached hydrogens (tertiary/aromatic N) is 1. The Balaban J connectivity index is 2.16. The van der Waals surface area contributed by atoms with Crippen LogP contribution in [0.25, 0.3) is 0 Å². The SMILES string of the molecule is CCCC1CN(CCCC(F)(F)F)CCN1. The minimum absolute atomic E-state index is 0.225. The summed E-state index contributed by atoms with van der Waals surface area (Å²) < 4.78 is 35.9. The van der Waals surface area contributed by atoms with E-state index < -0.39 is 12.6 Å². The van der Waals surface area contributed by atoms with Crippen LogP contribution in [-0.4, -0.2) is 43.3 Å². The highest BCUT2D eigenvalue weighted by Crippen LogP contribution is 2.21. The number of nitrogens with one attached hydrogen (secondary N) is 1. The third-order valence-corrected chi connectivity index (χ3v) is 2.91. The fourth-order valence-corrected chi connectivity index (χ4v) is 2.14. The van der Waals surface area contributed by atoms with Crippen LogP contribution >= 0.6 is 0 Å². The molecule has 0 radical (unpaired) electrons. The lowest BCUT2D eigenvalue weighted by molar-refractivity contribution is -0.136. The van der Waals surface area contributed by atoms with E-state index in [1.54, 1.807) is 0 Å². The molecule has 1 aliphatic heterocycles. The molecule has 1 fully saturated rings. The lowest BCUT2D eigenvalue weighted by Crippen LogP contribution is -2.50. The van der Waals surface area contributed by atoms with Crippen LogP contribution in [0.2, 0.25) is 0 Å². The second kappa shape index (κ2) is 6.45. The highest BCUT2D eigenvalue weighted by Gasteiger charge is 2.27. The van der Waals surface area contributed by atoms with Crippen molar-refractivity contribution in [3.8, 4) is 0 Å². The lowest BCUT2D eigenvalue weighted by atomic mass is 10.1. The van der Waals surface area contributed by atoms with E-state index in [4.69, 9.17) is 0 Å². The normalized spacial score (nSPS) is 23.6. The molecule has 0 saturated carbocycles. The number of rotatable bonds is 5. The van der Waals surface area contributed by atoms with Gasteiger partial charge in [-0.3, -0.25) is 0 Å². The second-order valence-electron chi connectivity index (χ2n) is 4.46. The molecule has 1 unspecified atom stereocenters. The van der Waals surface area contributed by atoms with Gasteiger partial charge < -0.3 is 10.2 Å². The lowest BCUT2D eigenvalue weighted by Gasteiger charge is -2.33. The topological polar surface area (TPSA) is 15.3 Å². The largest absolute Gasteiger partial charge is 0.389 e. The van der Waals surface area contributed by atoms with Gasteiger partial charge in [-0.25, -0.2) is 0 Å². The zero-order chi connectivity index (χ0) is 12.0. The Bertz CT molecular complexity index is 192. The van der Waals surface area contributed by atoms with Gasteiger partial charge in [-0.2, -0.15) is 13.2 Å². The van der Waals surface area contributed by atoms with Gasteiger partial charge in [0.15, 0.2) is 0 Å². The number of alkyl halides is 3. The molecule has 5 heteroatoms. The summed E-state index contributed by atoms with van der Waals surface area (Å²) in [6, 6.07) is 0.463. The Morgan fingerprint density at radius 3 is 2.75 bits per heavy atom. The number of hydrogen-bond donors (Lipinski definition) is 1. The molecule has 2 nitrogen and oxygen atoms in total. The summed E-state index contributed by atoms with van der Waals surface area (Å²) >= 11 is 0. The predicted molar refractivity (Wildman–Crippen MR) is 58.4 cm³/mol. The number of hydrogen-bond acceptors (Lipinski definition) is 2. The molecule has 16 heavy (non-hydrogen) atoms. The first-order chi connectivity index (χ1) is 7.51. The Hall–Kier alpha value is -0.290. The molecule has 1 heterocycles. The molecule has 0 aromatic carbocycles. The molecular weight excluding hydrogens is 217 g/mol. The van der Waals surface area contributed by atoms with Gasteiger partial charge in [-0.05, 0) is 19.4 Å². The third kappa shape index (κ3) is 5.70. The van der Waals surface area contributed by atoms with Crippen molar-refractivity contribution in [2.75, 3.05) is 26.2 Å². The number of halogens is 3. The molecule has 1 N–H and O–H groups in total. The molecule has 0 bridgehead atoms. The highest BCUT2D eigenvalue weighted by molar-refractivity contribution is 4.78. The fourth-order valence-electron chi connectivity index (χ4n) is 2.14. The first kappa shape index (κ1) is 13.8. The smallest absolute Gasteiger partial charge is 0.311 e. The molecule has 0 aromatic heterocycles. The van der Waals surface area contributed by atoms with Gasteiger partial charge in [0.2, 0.25) is 0 Å². The maximum atomic E-state index is 12.0. The van der Waals surface area contributed by atoms with Crippen molar-refractivity contribution in [2.24, 2.45) is 0 Å². The van der Waals surface area contributed by atoms with Crippen LogP contribution in [0, 0.1) is 0 Å². The van der Waals surface area contributed by atoms with E-state index in [2.05, 4.69) is 17.1 Å². The zero-order valence-corrected chi connectivity index (χ0v) is 9.82. The van der Waals surface area contributed by atoms with Crippen LogP contribution < -0.4 is 5.32 Å². The predicted octanol–water partition coefficient (Wildman–Crippen LogP) is 2.40. The molecule has 1 saturated heterocycles. The molecule has 1 rings (SSSR count). The maximum absolute atomic E-state index is 12.0.